The number of hydrogen-bond acceptors (Lipinski definition) is 4. The molecule has 1 aliphatic rings. The van der Waals surface area contributed by atoms with Gasteiger partial charge in [0.1, 0.15) is 10.7 Å². The third kappa shape index (κ3) is 2.62. The first-order chi connectivity index (χ1) is 9.65. The first-order valence-electron chi connectivity index (χ1n) is 6.51. The Bertz CT molecular complexity index is 650. The van der Waals surface area contributed by atoms with E-state index in [1.165, 1.54) is 23.5 Å². The van der Waals surface area contributed by atoms with E-state index < -0.39 is 0 Å². The van der Waals surface area contributed by atoms with E-state index in [1.807, 2.05) is 11.8 Å². The van der Waals surface area contributed by atoms with Gasteiger partial charge in [-0.1, -0.05) is 0 Å². The molecule has 1 aromatic heterocycles. The molecular formula is C14H15FN2OS2. The Morgan fingerprint density at radius 1 is 1.35 bits per heavy atom. The summed E-state index contributed by atoms with van der Waals surface area (Å²) in [6.07, 6.45) is 1.99. The van der Waals surface area contributed by atoms with Gasteiger partial charge in [-0.25, -0.2) is 4.39 Å². The minimum Gasteiger partial charge on any atom is -0.397 e. The Hall–Kier alpha value is -1.27. The van der Waals surface area contributed by atoms with Crippen molar-refractivity contribution in [2.45, 2.75) is 18.9 Å². The average molecular weight is 310 g/mol. The number of nitrogens with two attached hydrogens (primary N) is 1. The average Bonchev–Trinajstić information content (AvgIpc) is 2.77. The summed E-state index contributed by atoms with van der Waals surface area (Å²) in [5, 5.41) is 3.66. The van der Waals surface area contributed by atoms with Gasteiger partial charge in [-0.05, 0) is 42.5 Å². The van der Waals surface area contributed by atoms with Crippen molar-refractivity contribution >= 4 is 44.8 Å². The molecule has 0 saturated carbocycles. The maximum atomic E-state index is 13.2. The molecule has 0 unspecified atom stereocenters. The van der Waals surface area contributed by atoms with Crippen LogP contribution in [0.3, 0.4) is 0 Å². The Balaban J connectivity index is 1.85. The van der Waals surface area contributed by atoms with Gasteiger partial charge in [0.2, 0.25) is 0 Å². The number of amides is 1. The van der Waals surface area contributed by atoms with Crippen LogP contribution >= 0.6 is 23.1 Å². The Kier molecular flexibility index (Phi) is 3.85. The largest absolute Gasteiger partial charge is 0.397 e. The number of nitrogens with one attached hydrogen (secondary N) is 1. The minimum atomic E-state index is -0.335. The van der Waals surface area contributed by atoms with Crippen LogP contribution in [0.25, 0.3) is 10.1 Å². The summed E-state index contributed by atoms with van der Waals surface area (Å²) in [6, 6.07) is 4.66. The highest BCUT2D eigenvalue weighted by molar-refractivity contribution is 7.99. The molecule has 3 rings (SSSR count). The molecule has 1 fully saturated rings. The molecule has 0 atom stereocenters. The number of benzene rings is 1. The summed E-state index contributed by atoms with van der Waals surface area (Å²) in [5.74, 6) is 1.69. The van der Waals surface area contributed by atoms with E-state index in [2.05, 4.69) is 5.32 Å². The molecule has 0 aliphatic carbocycles. The molecule has 3 nitrogen and oxygen atoms in total. The fraction of sp³-hybridized carbons (Fsp3) is 0.357. The molecule has 2 heterocycles. The zero-order valence-electron chi connectivity index (χ0n) is 10.8. The fourth-order valence-electron chi connectivity index (χ4n) is 2.35. The number of halogens is 1. The zero-order valence-corrected chi connectivity index (χ0v) is 12.5. The zero-order chi connectivity index (χ0) is 14.1. The van der Waals surface area contributed by atoms with E-state index >= 15 is 0 Å². The number of hydrogen-bond donors (Lipinski definition) is 2. The summed E-state index contributed by atoms with van der Waals surface area (Å²) in [4.78, 5) is 12.8. The van der Waals surface area contributed by atoms with Crippen LogP contribution in [-0.4, -0.2) is 23.5 Å². The van der Waals surface area contributed by atoms with Crippen molar-refractivity contribution < 1.29 is 9.18 Å². The van der Waals surface area contributed by atoms with Crippen LogP contribution in [0.4, 0.5) is 10.1 Å². The third-order valence-corrected chi connectivity index (χ3v) is 5.69. The van der Waals surface area contributed by atoms with Gasteiger partial charge in [-0.15, -0.1) is 11.3 Å². The molecule has 1 aromatic carbocycles. The lowest BCUT2D eigenvalue weighted by molar-refractivity contribution is 0.0940. The van der Waals surface area contributed by atoms with Crippen LogP contribution in [0.1, 0.15) is 22.5 Å². The highest BCUT2D eigenvalue weighted by atomic mass is 32.2. The predicted octanol–water partition coefficient (Wildman–Crippen LogP) is 3.25. The normalized spacial score (nSPS) is 16.4. The number of thiophene rings is 1. The van der Waals surface area contributed by atoms with Gasteiger partial charge in [-0.2, -0.15) is 11.8 Å². The van der Waals surface area contributed by atoms with Gasteiger partial charge in [-0.3, -0.25) is 4.79 Å². The van der Waals surface area contributed by atoms with Crippen LogP contribution in [0.5, 0.6) is 0 Å². The topological polar surface area (TPSA) is 55.1 Å². The van der Waals surface area contributed by atoms with Crippen molar-refractivity contribution in [1.82, 2.24) is 5.32 Å². The summed E-state index contributed by atoms with van der Waals surface area (Å²) in [7, 11) is 0. The molecular weight excluding hydrogens is 295 g/mol. The van der Waals surface area contributed by atoms with E-state index in [1.54, 1.807) is 6.07 Å². The highest BCUT2D eigenvalue weighted by Crippen LogP contribution is 2.34. The number of carbonyl (C=O) groups is 1. The number of anilines is 1. The molecule has 1 saturated heterocycles. The Morgan fingerprint density at radius 3 is 2.85 bits per heavy atom. The van der Waals surface area contributed by atoms with Crippen LogP contribution < -0.4 is 11.1 Å². The second-order valence-electron chi connectivity index (χ2n) is 4.85. The number of thioether (sulfide) groups is 1. The van der Waals surface area contributed by atoms with E-state index in [9.17, 15) is 9.18 Å². The lowest BCUT2D eigenvalue weighted by Crippen LogP contribution is -2.37. The van der Waals surface area contributed by atoms with E-state index in [0.29, 0.717) is 16.0 Å². The number of nitrogen functional groups attached to an aromatic ring is 1. The summed E-state index contributed by atoms with van der Waals surface area (Å²) < 4.78 is 14.1. The quantitative estimate of drug-likeness (QED) is 0.895. The standard InChI is InChI=1S/C14H15FN2OS2/c15-8-1-2-11-10(7-8)12(16)13(20-11)14(18)17-9-3-5-19-6-4-9/h1-2,7,9H,3-6,16H2,(H,17,18). The van der Waals surface area contributed by atoms with Gasteiger partial charge in [0.15, 0.2) is 0 Å². The van der Waals surface area contributed by atoms with Crippen LogP contribution in [0.2, 0.25) is 0 Å². The second kappa shape index (κ2) is 5.61. The number of fused-ring (bicyclic) bond motifs is 1. The van der Waals surface area contributed by atoms with Crippen molar-refractivity contribution in [1.29, 1.82) is 0 Å². The lowest BCUT2D eigenvalue weighted by Gasteiger charge is -2.22. The van der Waals surface area contributed by atoms with Crippen molar-refractivity contribution in [2.75, 3.05) is 17.2 Å². The van der Waals surface area contributed by atoms with E-state index in [-0.39, 0.29) is 17.8 Å². The molecule has 0 radical (unpaired) electrons. The first-order valence-corrected chi connectivity index (χ1v) is 8.48. The molecule has 106 valence electrons. The van der Waals surface area contributed by atoms with E-state index in [0.717, 1.165) is 29.0 Å². The molecule has 3 N–H and O–H groups in total. The molecule has 2 aromatic rings. The first kappa shape index (κ1) is 13.7. The van der Waals surface area contributed by atoms with Gasteiger partial charge >= 0.3 is 0 Å². The Labute approximate surface area is 124 Å². The molecule has 1 amide bonds. The third-order valence-electron chi connectivity index (χ3n) is 3.45. The summed E-state index contributed by atoms with van der Waals surface area (Å²) in [6.45, 7) is 0. The smallest absolute Gasteiger partial charge is 0.263 e. The van der Waals surface area contributed by atoms with Crippen molar-refractivity contribution in [3.63, 3.8) is 0 Å². The number of rotatable bonds is 2. The van der Waals surface area contributed by atoms with Crippen LogP contribution in [-0.2, 0) is 0 Å². The Morgan fingerprint density at radius 2 is 2.10 bits per heavy atom. The molecule has 1 aliphatic heterocycles. The highest BCUT2D eigenvalue weighted by Gasteiger charge is 2.21. The monoisotopic (exact) mass is 310 g/mol. The summed E-state index contributed by atoms with van der Waals surface area (Å²) >= 11 is 3.24. The van der Waals surface area contributed by atoms with Crippen molar-refractivity contribution in [3.05, 3.63) is 28.9 Å². The lowest BCUT2D eigenvalue weighted by atomic mass is 10.1. The van der Waals surface area contributed by atoms with Gasteiger partial charge in [0.05, 0.1) is 5.69 Å². The molecule has 0 bridgehead atoms. The van der Waals surface area contributed by atoms with E-state index in [4.69, 9.17) is 5.73 Å². The predicted molar refractivity (Wildman–Crippen MR) is 84.0 cm³/mol. The second-order valence-corrected chi connectivity index (χ2v) is 7.12. The maximum absolute atomic E-state index is 13.2. The van der Waals surface area contributed by atoms with Crippen molar-refractivity contribution in [2.24, 2.45) is 0 Å². The van der Waals surface area contributed by atoms with Crippen LogP contribution in [0.15, 0.2) is 18.2 Å². The van der Waals surface area contributed by atoms with Crippen molar-refractivity contribution in [3.8, 4) is 0 Å². The maximum Gasteiger partial charge on any atom is 0.263 e. The van der Waals surface area contributed by atoms with Gasteiger partial charge in [0.25, 0.3) is 5.91 Å². The van der Waals surface area contributed by atoms with Gasteiger partial charge in [0, 0.05) is 16.1 Å². The molecule has 20 heavy (non-hydrogen) atoms. The molecule has 6 heteroatoms. The number of carbonyl (C=O) groups excluding carboxylic acids is 1. The molecule has 0 spiro atoms. The SMILES string of the molecule is Nc1c(C(=O)NC2CCSCC2)sc2ccc(F)cc12. The summed E-state index contributed by atoms with van der Waals surface area (Å²) in [5.41, 5.74) is 6.37. The minimum absolute atomic E-state index is 0.138. The van der Waals surface area contributed by atoms with Crippen LogP contribution in [0, 0.1) is 5.82 Å². The van der Waals surface area contributed by atoms with Gasteiger partial charge < -0.3 is 11.1 Å². The fourth-order valence-corrected chi connectivity index (χ4v) is 4.46.